The van der Waals surface area contributed by atoms with Crippen molar-refractivity contribution < 1.29 is 18.3 Å². The molecule has 0 saturated carbocycles. The maximum Gasteiger partial charge on any atom is 0.328 e. The normalized spacial score (nSPS) is 14.4. The highest BCUT2D eigenvalue weighted by Gasteiger charge is 2.50. The molecule has 0 spiro atoms. The number of para-hydroxylation sites is 4. The zero-order chi connectivity index (χ0) is 56.1. The zero-order valence-corrected chi connectivity index (χ0v) is 46.4. The summed E-state index contributed by atoms with van der Waals surface area (Å²) in [5, 5.41) is 26.0. The van der Waals surface area contributed by atoms with Crippen LogP contribution in [0.5, 0.6) is 11.5 Å². The average molecular weight is 1070 g/mol. The standard InChI is InChI=1S/C70H60B2N6O4/c1-5-47(3)45-79-55-35-23-25-49(41-55)65-63-64(68(58(44-74)70-76-60-38-20-22-40-62(60)82-70)77(65)71(51-27-11-7-12-28-51)52-29-13-8-14-30-52)66(50-26-24-36-56(42-50)80-46-48(4)6-2)78(72(53-31-15-9-16-32-53)54-33-17-10-18-34-54)67(63)57(43-73)69-75-59-37-19-21-39-61(59)81-69/h7-42,47-48,57,67H,5-6,45-46H2,1-4H3/b68-58-. The van der Waals surface area contributed by atoms with Crippen LogP contribution in [0.15, 0.2) is 227 Å². The van der Waals surface area contributed by atoms with E-state index in [9.17, 15) is 10.5 Å². The lowest BCUT2D eigenvalue weighted by Gasteiger charge is -2.39. The van der Waals surface area contributed by atoms with Crippen molar-refractivity contribution in [1.29, 1.82) is 10.5 Å². The summed E-state index contributed by atoms with van der Waals surface area (Å²) in [4.78, 5) is 12.7. The molecule has 0 amide bonds. The molecule has 4 atom stereocenters. The number of fused-ring (bicyclic) bond motifs is 3. The van der Waals surface area contributed by atoms with Crippen molar-refractivity contribution >= 4 is 69.0 Å². The fourth-order valence-electron chi connectivity index (χ4n) is 11.4. The number of hydrogen-bond acceptors (Lipinski definition) is 9. The predicted molar refractivity (Wildman–Crippen MR) is 328 cm³/mol. The van der Waals surface area contributed by atoms with Gasteiger partial charge in [-0.2, -0.15) is 10.5 Å². The van der Waals surface area contributed by atoms with Crippen molar-refractivity contribution in [3.63, 3.8) is 0 Å². The monoisotopic (exact) mass is 1070 g/mol. The lowest BCUT2D eigenvalue weighted by atomic mass is 9.48. The van der Waals surface area contributed by atoms with E-state index in [1.807, 2.05) is 97.1 Å². The van der Waals surface area contributed by atoms with Gasteiger partial charge in [-0.25, -0.2) is 9.97 Å². The molecule has 400 valence electrons. The first-order valence-corrected chi connectivity index (χ1v) is 28.3. The summed E-state index contributed by atoms with van der Waals surface area (Å²) < 4.78 is 29.4. The summed E-state index contributed by atoms with van der Waals surface area (Å²) in [6, 6.07) is 78.1. The smallest absolute Gasteiger partial charge is 0.328 e. The number of hydrogen-bond donors (Lipinski definition) is 0. The summed E-state index contributed by atoms with van der Waals surface area (Å²) in [5.41, 5.74) is 10.3. The second-order valence-electron chi connectivity index (χ2n) is 21.3. The molecule has 0 radical (unpaired) electrons. The van der Waals surface area contributed by atoms with Gasteiger partial charge in [-0.1, -0.05) is 232 Å². The molecule has 0 bridgehead atoms. The third kappa shape index (κ3) is 10.1. The maximum atomic E-state index is 12.4. The van der Waals surface area contributed by atoms with Crippen molar-refractivity contribution in [2.75, 3.05) is 13.2 Å². The Morgan fingerprint density at radius 3 is 1.54 bits per heavy atom. The fraction of sp³-hybridized carbons (Fsp3) is 0.171. The van der Waals surface area contributed by atoms with Crippen molar-refractivity contribution in [2.24, 2.45) is 11.8 Å². The van der Waals surface area contributed by atoms with Gasteiger partial charge in [-0.3, -0.25) is 0 Å². The van der Waals surface area contributed by atoms with Crippen LogP contribution in [-0.2, 0) is 0 Å². The number of aromatic nitrogens is 3. The van der Waals surface area contributed by atoms with E-state index >= 15 is 0 Å². The summed E-state index contributed by atoms with van der Waals surface area (Å²) in [6.45, 7) is 8.61. The number of ether oxygens (including phenoxy) is 2. The minimum atomic E-state index is -1.07. The Balaban J connectivity index is 1.35. The number of rotatable bonds is 19. The second kappa shape index (κ2) is 23.5. The van der Waals surface area contributed by atoms with Gasteiger partial charge in [0.25, 0.3) is 0 Å². The topological polar surface area (TPSA) is 126 Å². The van der Waals surface area contributed by atoms with Gasteiger partial charge in [0.1, 0.15) is 40.1 Å². The molecular weight excluding hydrogens is 1010 g/mol. The van der Waals surface area contributed by atoms with Gasteiger partial charge in [0.2, 0.25) is 11.8 Å². The van der Waals surface area contributed by atoms with Crippen LogP contribution in [0.2, 0.25) is 0 Å². The van der Waals surface area contributed by atoms with Crippen LogP contribution in [0.4, 0.5) is 0 Å². The molecule has 1 aliphatic heterocycles. The van der Waals surface area contributed by atoms with E-state index in [2.05, 4.69) is 170 Å². The Morgan fingerprint density at radius 1 is 0.561 bits per heavy atom. The first-order chi connectivity index (χ1) is 40.3. The van der Waals surface area contributed by atoms with Gasteiger partial charge >= 0.3 is 13.7 Å². The Hall–Kier alpha value is -9.77. The summed E-state index contributed by atoms with van der Waals surface area (Å²) >= 11 is 0. The van der Waals surface area contributed by atoms with Crippen LogP contribution >= 0.6 is 0 Å². The van der Waals surface area contributed by atoms with E-state index in [-0.39, 0.29) is 17.4 Å². The van der Waals surface area contributed by atoms with Gasteiger partial charge in [-0.15, -0.1) is 0 Å². The highest BCUT2D eigenvalue weighted by Crippen LogP contribution is 2.47. The third-order valence-electron chi connectivity index (χ3n) is 15.9. The first kappa shape index (κ1) is 52.9. The van der Waals surface area contributed by atoms with Crippen molar-refractivity contribution in [3.05, 3.63) is 252 Å². The molecule has 4 heterocycles. The Kier molecular flexibility index (Phi) is 15.2. The molecule has 0 saturated heterocycles. The van der Waals surface area contributed by atoms with Crippen LogP contribution in [-0.4, -0.2) is 46.2 Å². The Labute approximate surface area is 479 Å². The minimum Gasteiger partial charge on any atom is -0.493 e. The van der Waals surface area contributed by atoms with E-state index in [0.29, 0.717) is 69.3 Å². The molecule has 3 aromatic heterocycles. The van der Waals surface area contributed by atoms with Gasteiger partial charge in [-0.05, 0) is 60.4 Å². The molecule has 8 aromatic carbocycles. The number of benzene rings is 8. The third-order valence-corrected chi connectivity index (χ3v) is 15.9. The first-order valence-electron chi connectivity index (χ1n) is 28.3. The Bertz CT molecular complexity index is 4120. The lowest BCUT2D eigenvalue weighted by molar-refractivity contribution is 0.256. The van der Waals surface area contributed by atoms with Gasteiger partial charge in [0.15, 0.2) is 11.2 Å². The van der Waals surface area contributed by atoms with E-state index in [1.165, 1.54) is 0 Å². The average Bonchev–Trinajstić information content (AvgIpc) is 2.51. The highest BCUT2D eigenvalue weighted by atomic mass is 16.5. The maximum absolute atomic E-state index is 12.4. The molecule has 12 rings (SSSR count). The molecule has 1 aliphatic rings. The van der Waals surface area contributed by atoms with Gasteiger partial charge < -0.3 is 27.6 Å². The van der Waals surface area contributed by atoms with Gasteiger partial charge in [0, 0.05) is 33.3 Å². The Morgan fingerprint density at radius 2 is 1.04 bits per heavy atom. The van der Waals surface area contributed by atoms with E-state index in [0.717, 1.165) is 62.8 Å². The number of oxazole rings is 2. The van der Waals surface area contributed by atoms with Crippen LogP contribution in [0.25, 0.3) is 44.7 Å². The molecule has 11 aromatic rings. The number of nitrogens with zero attached hydrogens (tertiary/aromatic N) is 6. The second-order valence-corrected chi connectivity index (χ2v) is 21.3. The van der Waals surface area contributed by atoms with Crippen molar-refractivity contribution in [2.45, 2.75) is 52.5 Å². The fourth-order valence-corrected chi connectivity index (χ4v) is 11.4. The van der Waals surface area contributed by atoms with Crippen molar-refractivity contribution in [1.82, 2.24) is 19.3 Å². The summed E-state index contributed by atoms with van der Waals surface area (Å²) in [6.07, 6.45) is 1.90. The highest BCUT2D eigenvalue weighted by molar-refractivity contribution is 6.85. The predicted octanol–water partition coefficient (Wildman–Crippen LogP) is 11.3. The quantitative estimate of drug-likeness (QED) is 0.0728. The van der Waals surface area contributed by atoms with E-state index in [4.69, 9.17) is 28.3 Å². The minimum absolute atomic E-state index is 0.153. The summed E-state index contributed by atoms with van der Waals surface area (Å²) in [5.74, 6) is 1.31. The number of nitriles is 2. The van der Waals surface area contributed by atoms with Crippen LogP contribution in [0.3, 0.4) is 0 Å². The summed E-state index contributed by atoms with van der Waals surface area (Å²) in [7, 11) is 0. The molecule has 12 heteroatoms. The molecule has 4 unspecified atom stereocenters. The molecule has 0 fully saturated rings. The zero-order valence-electron chi connectivity index (χ0n) is 46.4. The molecule has 0 aliphatic carbocycles. The lowest BCUT2D eigenvalue weighted by Crippen LogP contribution is -2.58. The molecular formula is C70H60B2N6O4. The largest absolute Gasteiger partial charge is 0.493 e. The van der Waals surface area contributed by atoms with Crippen LogP contribution < -0.4 is 41.9 Å². The van der Waals surface area contributed by atoms with E-state index in [1.54, 1.807) is 0 Å². The van der Waals surface area contributed by atoms with Crippen molar-refractivity contribution in [3.8, 4) is 34.9 Å². The molecule has 82 heavy (non-hydrogen) atoms. The van der Waals surface area contributed by atoms with Crippen LogP contribution in [0, 0.1) is 34.5 Å². The molecule has 10 nitrogen and oxygen atoms in total. The van der Waals surface area contributed by atoms with Gasteiger partial charge in [0.05, 0.1) is 30.7 Å². The van der Waals surface area contributed by atoms with E-state index < -0.39 is 25.7 Å². The SMILES string of the molecule is CCC(C)COc1cccc(C2=c3c(c(-c4cccc(OCC(C)CC)c4)n(B(c4ccccc4)c4ccccc4)/c3=C(/C#N)c3nc4ccccc4o3)C(C(C#N)c3nc4ccccc4o3)N2B(c2ccccc2)c2ccccc2)c1. The van der Waals surface area contributed by atoms with Crippen LogP contribution in [0.1, 0.15) is 75.4 Å². The molecule has 0 N–H and O–H groups in total.